The Morgan fingerprint density at radius 3 is 0.836 bits per heavy atom. The van der Waals surface area contributed by atoms with Crippen molar-refractivity contribution >= 4 is 17.9 Å². The average Bonchev–Trinajstić information content (AvgIpc) is 3.39. The van der Waals surface area contributed by atoms with Gasteiger partial charge in [0.05, 0.1) is 0 Å². The van der Waals surface area contributed by atoms with Gasteiger partial charge in [-0.25, -0.2) is 0 Å². The molecule has 0 saturated heterocycles. The van der Waals surface area contributed by atoms with Crippen molar-refractivity contribution in [1.82, 2.24) is 0 Å². The molecule has 0 aromatic rings. The van der Waals surface area contributed by atoms with E-state index in [0.29, 0.717) is 19.3 Å². The normalized spacial score (nSPS) is 12.4. The molecule has 1 unspecified atom stereocenters. The minimum atomic E-state index is -0.780. The summed E-state index contributed by atoms with van der Waals surface area (Å²) in [5, 5.41) is 0. The lowest BCUT2D eigenvalue weighted by atomic mass is 10.0. The lowest BCUT2D eigenvalue weighted by Crippen LogP contribution is -2.30. The second-order valence-corrected chi connectivity index (χ2v) is 21.3. The highest BCUT2D eigenvalue weighted by Gasteiger charge is 2.19. The first-order valence-electron chi connectivity index (χ1n) is 31.8. The Morgan fingerprint density at radius 2 is 0.534 bits per heavy atom. The van der Waals surface area contributed by atoms with E-state index in [1.165, 1.54) is 180 Å². The van der Waals surface area contributed by atoms with Crippen molar-refractivity contribution < 1.29 is 28.6 Å². The van der Waals surface area contributed by atoms with Crippen molar-refractivity contribution in [2.75, 3.05) is 13.2 Å². The molecule has 0 fully saturated rings. The lowest BCUT2D eigenvalue weighted by molar-refractivity contribution is -0.167. The van der Waals surface area contributed by atoms with Gasteiger partial charge >= 0.3 is 17.9 Å². The van der Waals surface area contributed by atoms with Gasteiger partial charge in [-0.1, -0.05) is 306 Å². The fraction of sp³-hybridized carbons (Fsp3) is 0.806. The number of hydrogen-bond acceptors (Lipinski definition) is 6. The second kappa shape index (κ2) is 61.7. The highest BCUT2D eigenvalue weighted by molar-refractivity contribution is 5.71. The van der Waals surface area contributed by atoms with E-state index >= 15 is 0 Å². The van der Waals surface area contributed by atoms with Gasteiger partial charge in [-0.3, -0.25) is 14.4 Å². The highest BCUT2D eigenvalue weighted by Crippen LogP contribution is 2.17. The minimum Gasteiger partial charge on any atom is -0.462 e. The van der Waals surface area contributed by atoms with Crippen LogP contribution in [0.5, 0.6) is 0 Å². The summed E-state index contributed by atoms with van der Waals surface area (Å²) in [7, 11) is 0. The fourth-order valence-electron chi connectivity index (χ4n) is 9.30. The van der Waals surface area contributed by atoms with E-state index in [9.17, 15) is 14.4 Å². The number of esters is 3. The number of rotatable bonds is 58. The molecule has 0 rings (SSSR count). The molecule has 0 bridgehead atoms. The van der Waals surface area contributed by atoms with Gasteiger partial charge in [-0.15, -0.1) is 0 Å². The average molecular weight is 1020 g/mol. The number of unbranched alkanes of at least 4 members (excludes halogenated alkanes) is 37. The van der Waals surface area contributed by atoms with Crippen molar-refractivity contribution in [2.24, 2.45) is 0 Å². The number of hydrogen-bond donors (Lipinski definition) is 0. The molecular weight excluding hydrogens is 901 g/mol. The monoisotopic (exact) mass is 1020 g/mol. The molecular formula is C67H120O6. The van der Waals surface area contributed by atoms with Gasteiger partial charge in [0.1, 0.15) is 13.2 Å². The Kier molecular flexibility index (Phi) is 59.2. The maximum absolute atomic E-state index is 12.9. The van der Waals surface area contributed by atoms with Crippen LogP contribution in [0.25, 0.3) is 0 Å². The van der Waals surface area contributed by atoms with Gasteiger partial charge in [0.15, 0.2) is 6.10 Å². The highest BCUT2D eigenvalue weighted by atomic mass is 16.6. The Morgan fingerprint density at radius 1 is 0.288 bits per heavy atom. The van der Waals surface area contributed by atoms with Crippen LogP contribution in [-0.4, -0.2) is 37.2 Å². The summed E-state index contributed by atoms with van der Waals surface area (Å²) in [5.74, 6) is -0.874. The first-order chi connectivity index (χ1) is 36.0. The Balaban J connectivity index is 4.37. The van der Waals surface area contributed by atoms with Crippen LogP contribution in [0.2, 0.25) is 0 Å². The van der Waals surface area contributed by atoms with E-state index < -0.39 is 6.10 Å². The van der Waals surface area contributed by atoms with Crippen LogP contribution in [0.15, 0.2) is 60.8 Å². The molecule has 0 heterocycles. The summed E-state index contributed by atoms with van der Waals surface area (Å²) >= 11 is 0. The molecule has 6 nitrogen and oxygen atoms in total. The third kappa shape index (κ3) is 59.9. The van der Waals surface area contributed by atoms with E-state index in [1.807, 2.05) is 0 Å². The van der Waals surface area contributed by atoms with Crippen molar-refractivity contribution in [3.05, 3.63) is 60.8 Å². The van der Waals surface area contributed by atoms with Crippen LogP contribution in [-0.2, 0) is 28.6 Å². The molecule has 0 saturated carbocycles. The van der Waals surface area contributed by atoms with Crippen molar-refractivity contribution in [3.8, 4) is 0 Å². The quantitative estimate of drug-likeness (QED) is 0.0261. The van der Waals surface area contributed by atoms with Gasteiger partial charge in [-0.05, 0) is 64.2 Å². The molecule has 0 aromatic heterocycles. The largest absolute Gasteiger partial charge is 0.462 e. The zero-order chi connectivity index (χ0) is 52.9. The van der Waals surface area contributed by atoms with E-state index in [4.69, 9.17) is 14.2 Å². The fourth-order valence-corrected chi connectivity index (χ4v) is 9.30. The van der Waals surface area contributed by atoms with Gasteiger partial charge in [-0.2, -0.15) is 0 Å². The molecule has 0 aromatic carbocycles. The van der Waals surface area contributed by atoms with Gasteiger partial charge in [0.2, 0.25) is 0 Å². The molecule has 6 heteroatoms. The summed E-state index contributed by atoms with van der Waals surface area (Å²) in [4.78, 5) is 38.3. The lowest BCUT2D eigenvalue weighted by Gasteiger charge is -2.18. The Hall–Kier alpha value is -2.89. The van der Waals surface area contributed by atoms with E-state index in [-0.39, 0.29) is 31.1 Å². The van der Waals surface area contributed by atoms with Gasteiger partial charge in [0.25, 0.3) is 0 Å². The summed E-state index contributed by atoms with van der Waals surface area (Å²) in [6, 6.07) is 0. The molecule has 0 radical (unpaired) electrons. The van der Waals surface area contributed by atoms with Crippen LogP contribution in [0.1, 0.15) is 329 Å². The Labute approximate surface area is 453 Å². The SMILES string of the molecule is CC/C=C\C/C=C\C/C=C\C/C=C\C/C=C\CCCCCCCC(=O)OCC(COC(=O)CCCCCCCCCCCCCCCCC)OC(=O)CCCCCCCCCCCCCCCCCCCCC. The number of allylic oxidation sites excluding steroid dienone is 10. The van der Waals surface area contributed by atoms with Crippen molar-refractivity contribution in [2.45, 2.75) is 335 Å². The van der Waals surface area contributed by atoms with E-state index in [0.717, 1.165) is 109 Å². The van der Waals surface area contributed by atoms with Crippen LogP contribution in [0.4, 0.5) is 0 Å². The molecule has 0 spiro atoms. The summed E-state index contributed by atoms with van der Waals surface area (Å²) in [6.07, 6.45) is 77.9. The number of carbonyl (C=O) groups excluding carboxylic acids is 3. The zero-order valence-corrected chi connectivity index (χ0v) is 48.7. The molecule has 1 atom stereocenters. The summed E-state index contributed by atoms with van der Waals surface area (Å²) in [6.45, 7) is 6.57. The number of ether oxygens (including phenoxy) is 3. The minimum absolute atomic E-state index is 0.0757. The van der Waals surface area contributed by atoms with E-state index in [2.05, 4.69) is 81.5 Å². The summed E-state index contributed by atoms with van der Waals surface area (Å²) < 4.78 is 16.9. The predicted molar refractivity (Wildman–Crippen MR) is 316 cm³/mol. The molecule has 73 heavy (non-hydrogen) atoms. The summed E-state index contributed by atoms with van der Waals surface area (Å²) in [5.41, 5.74) is 0. The molecule has 0 aliphatic rings. The van der Waals surface area contributed by atoms with Crippen LogP contribution >= 0.6 is 0 Å². The Bertz CT molecular complexity index is 1310. The van der Waals surface area contributed by atoms with Crippen LogP contribution in [0.3, 0.4) is 0 Å². The molecule has 0 N–H and O–H groups in total. The molecule has 0 aliphatic heterocycles. The standard InChI is InChI=1S/C67H120O6/c1-4-7-10-13-16-19-22-25-28-30-32-33-35-36-39-42-45-48-51-54-57-60-66(69)72-63-64(62-71-65(68)59-56-53-50-47-44-41-38-27-24-21-18-15-12-9-6-3)73-67(70)61-58-55-52-49-46-43-40-37-34-31-29-26-23-20-17-14-11-8-5-2/h7,10,16,19,25,28,32-33,36,39,64H,4-6,8-9,11-15,17-18,20-24,26-27,29-31,34-35,37-38,40-63H2,1-3H3/b10-7-,19-16-,28-25-,33-32-,39-36-. The zero-order valence-electron chi connectivity index (χ0n) is 48.7. The van der Waals surface area contributed by atoms with Gasteiger partial charge in [0, 0.05) is 19.3 Å². The smallest absolute Gasteiger partial charge is 0.306 e. The van der Waals surface area contributed by atoms with Crippen LogP contribution < -0.4 is 0 Å². The topological polar surface area (TPSA) is 78.9 Å². The third-order valence-electron chi connectivity index (χ3n) is 14.0. The van der Waals surface area contributed by atoms with Crippen molar-refractivity contribution in [1.29, 1.82) is 0 Å². The molecule has 424 valence electrons. The maximum atomic E-state index is 12.9. The maximum Gasteiger partial charge on any atom is 0.306 e. The van der Waals surface area contributed by atoms with E-state index in [1.54, 1.807) is 0 Å². The first-order valence-corrected chi connectivity index (χ1v) is 31.8. The molecule has 0 aliphatic carbocycles. The van der Waals surface area contributed by atoms with Gasteiger partial charge < -0.3 is 14.2 Å². The van der Waals surface area contributed by atoms with Crippen LogP contribution in [0, 0.1) is 0 Å². The molecule has 0 amide bonds. The third-order valence-corrected chi connectivity index (χ3v) is 14.0. The number of carbonyl (C=O) groups is 3. The van der Waals surface area contributed by atoms with Crippen molar-refractivity contribution in [3.63, 3.8) is 0 Å². The first kappa shape index (κ1) is 70.1. The second-order valence-electron chi connectivity index (χ2n) is 21.3. The predicted octanol–water partition coefficient (Wildman–Crippen LogP) is 21.6.